The summed E-state index contributed by atoms with van der Waals surface area (Å²) in [5.41, 5.74) is 6.47. The average Bonchev–Trinajstić information content (AvgIpc) is 3.83. The van der Waals surface area contributed by atoms with E-state index in [4.69, 9.17) is 28.8 Å². The fraction of sp³-hybridized carbons (Fsp3) is 0. The molecule has 0 atom stereocenters. The zero-order valence-electron chi connectivity index (χ0n) is 27.6. The number of hydrogen-bond donors (Lipinski definition) is 0. The lowest BCUT2D eigenvalue weighted by molar-refractivity contribution is 0.620. The van der Waals surface area contributed by atoms with Crippen LogP contribution >= 0.6 is 0 Å². The van der Waals surface area contributed by atoms with Crippen LogP contribution in [0.5, 0.6) is 0 Å². The number of hydrogen-bond acceptors (Lipinski definition) is 6. The minimum Gasteiger partial charge on any atom is -0.456 e. The summed E-state index contributed by atoms with van der Waals surface area (Å²) in [6.07, 6.45) is 0. The van der Waals surface area contributed by atoms with Gasteiger partial charge < -0.3 is 8.83 Å². The summed E-state index contributed by atoms with van der Waals surface area (Å²) in [6, 6.07) is 53.6. The molecule has 0 saturated heterocycles. The second kappa shape index (κ2) is 11.2. The van der Waals surface area contributed by atoms with E-state index in [1.807, 2.05) is 91.0 Å². The SMILES string of the molecule is c1ccc(-c2nc(-c3ccc4c5ccccc5c5ccccc5c4c3)nc(-c3cccc4oc5cccc(-c6nc7ccccc7o6)c5c34)n2)cc1. The largest absolute Gasteiger partial charge is 0.456 e. The molecule has 0 N–H and O–H groups in total. The second-order valence-electron chi connectivity index (χ2n) is 13.0. The number of aromatic nitrogens is 4. The molecule has 0 fully saturated rings. The van der Waals surface area contributed by atoms with Crippen LogP contribution in [-0.2, 0) is 0 Å². The highest BCUT2D eigenvalue weighted by molar-refractivity contribution is 6.25. The third-order valence-corrected chi connectivity index (χ3v) is 9.96. The van der Waals surface area contributed by atoms with Gasteiger partial charge in [0.1, 0.15) is 16.7 Å². The van der Waals surface area contributed by atoms with E-state index in [1.165, 1.54) is 26.9 Å². The lowest BCUT2D eigenvalue weighted by Gasteiger charge is -2.13. The fourth-order valence-corrected chi connectivity index (χ4v) is 7.61. The maximum absolute atomic E-state index is 6.46. The highest BCUT2D eigenvalue weighted by atomic mass is 16.3. The molecule has 0 radical (unpaired) electrons. The summed E-state index contributed by atoms with van der Waals surface area (Å²) < 4.78 is 12.7. The highest BCUT2D eigenvalue weighted by Crippen LogP contribution is 2.42. The molecule has 3 heterocycles. The Labute approximate surface area is 296 Å². The number of benzene rings is 8. The van der Waals surface area contributed by atoms with Crippen molar-refractivity contribution in [1.82, 2.24) is 19.9 Å². The molecule has 0 saturated carbocycles. The minimum atomic E-state index is 0.529. The fourth-order valence-electron chi connectivity index (χ4n) is 7.61. The molecule has 0 aliphatic heterocycles. The molecule has 6 heteroatoms. The summed E-state index contributed by atoms with van der Waals surface area (Å²) >= 11 is 0. The molecule has 8 aromatic carbocycles. The van der Waals surface area contributed by atoms with Gasteiger partial charge in [-0.05, 0) is 68.7 Å². The van der Waals surface area contributed by atoms with Crippen molar-refractivity contribution in [2.75, 3.05) is 0 Å². The Morgan fingerprint density at radius 1 is 0.327 bits per heavy atom. The number of nitrogens with zero attached hydrogens (tertiary/aromatic N) is 4. The Bertz CT molecular complexity index is 3130. The molecule has 0 aliphatic carbocycles. The van der Waals surface area contributed by atoms with E-state index < -0.39 is 0 Å². The minimum absolute atomic E-state index is 0.529. The Hall–Kier alpha value is -7.18. The molecule has 0 unspecified atom stereocenters. The number of para-hydroxylation sites is 2. The van der Waals surface area contributed by atoms with Crippen LogP contribution in [0.15, 0.2) is 167 Å². The molecule has 11 aromatic rings. The first-order chi connectivity index (χ1) is 25.8. The highest BCUT2D eigenvalue weighted by Gasteiger charge is 2.22. The van der Waals surface area contributed by atoms with Crippen molar-refractivity contribution >= 4 is 65.4 Å². The van der Waals surface area contributed by atoms with Gasteiger partial charge in [-0.25, -0.2) is 19.9 Å². The quantitative estimate of drug-likeness (QED) is 0.174. The zero-order chi connectivity index (χ0) is 34.2. The maximum Gasteiger partial charge on any atom is 0.228 e. The molecule has 11 rings (SSSR count). The Kier molecular flexibility index (Phi) is 6.15. The molecule has 52 heavy (non-hydrogen) atoms. The second-order valence-corrected chi connectivity index (χ2v) is 13.0. The van der Waals surface area contributed by atoms with Crippen LogP contribution in [-0.4, -0.2) is 19.9 Å². The van der Waals surface area contributed by atoms with Crippen molar-refractivity contribution in [3.63, 3.8) is 0 Å². The van der Waals surface area contributed by atoms with Gasteiger partial charge in [0, 0.05) is 33.0 Å². The maximum atomic E-state index is 6.46. The standard InChI is InChI=1S/C46H26N4O2/c1-2-12-27(13-3-1)43-48-44(28-24-25-33-31-16-5-4-14-29(31)30-15-6-7-17-32(30)36(33)26-28)50-45(49-43)34-18-10-22-39-41(34)42-35(19-11-23-40(42)51-39)46-47-37-20-8-9-21-38(37)52-46/h1-26H. The monoisotopic (exact) mass is 666 g/mol. The summed E-state index contributed by atoms with van der Waals surface area (Å²) in [6.45, 7) is 0. The van der Waals surface area contributed by atoms with Crippen molar-refractivity contribution in [3.05, 3.63) is 158 Å². The Morgan fingerprint density at radius 2 is 0.865 bits per heavy atom. The van der Waals surface area contributed by atoms with E-state index in [-0.39, 0.29) is 0 Å². The first-order valence-electron chi connectivity index (χ1n) is 17.2. The molecule has 0 amide bonds. The van der Waals surface area contributed by atoms with Gasteiger partial charge in [-0.3, -0.25) is 0 Å². The predicted molar refractivity (Wildman–Crippen MR) is 209 cm³/mol. The van der Waals surface area contributed by atoms with E-state index in [1.54, 1.807) is 0 Å². The van der Waals surface area contributed by atoms with Gasteiger partial charge in [-0.1, -0.05) is 121 Å². The van der Waals surface area contributed by atoms with Gasteiger partial charge in [0.25, 0.3) is 0 Å². The number of oxazole rings is 1. The molecule has 0 bridgehead atoms. The Balaban J connectivity index is 1.18. The predicted octanol–water partition coefficient (Wildman–Crippen LogP) is 12.0. The normalized spacial score (nSPS) is 11.8. The molecular formula is C46H26N4O2. The van der Waals surface area contributed by atoms with Crippen molar-refractivity contribution in [3.8, 4) is 45.6 Å². The van der Waals surface area contributed by atoms with E-state index >= 15 is 0 Å². The molecule has 242 valence electrons. The van der Waals surface area contributed by atoms with Crippen molar-refractivity contribution in [2.24, 2.45) is 0 Å². The van der Waals surface area contributed by atoms with Crippen LogP contribution in [0.4, 0.5) is 0 Å². The number of furan rings is 1. The van der Waals surface area contributed by atoms with Gasteiger partial charge in [-0.15, -0.1) is 0 Å². The van der Waals surface area contributed by atoms with Crippen LogP contribution in [0.25, 0.3) is 111 Å². The molecule has 0 spiro atoms. The van der Waals surface area contributed by atoms with Crippen LogP contribution in [0, 0.1) is 0 Å². The van der Waals surface area contributed by atoms with Gasteiger partial charge >= 0.3 is 0 Å². The molecule has 0 aliphatic rings. The summed E-state index contributed by atoms with van der Waals surface area (Å²) in [7, 11) is 0. The van der Waals surface area contributed by atoms with Crippen LogP contribution in [0.3, 0.4) is 0 Å². The summed E-state index contributed by atoms with van der Waals surface area (Å²) in [5, 5.41) is 9.00. The van der Waals surface area contributed by atoms with Crippen molar-refractivity contribution in [1.29, 1.82) is 0 Å². The lowest BCUT2D eigenvalue weighted by Crippen LogP contribution is -2.00. The van der Waals surface area contributed by atoms with Gasteiger partial charge in [0.15, 0.2) is 23.1 Å². The van der Waals surface area contributed by atoms with Crippen LogP contribution in [0.1, 0.15) is 0 Å². The number of fused-ring (bicyclic) bond motifs is 10. The van der Waals surface area contributed by atoms with Gasteiger partial charge in [0.2, 0.25) is 5.89 Å². The lowest BCUT2D eigenvalue weighted by atomic mass is 9.93. The molecule has 6 nitrogen and oxygen atoms in total. The van der Waals surface area contributed by atoms with Crippen LogP contribution in [0.2, 0.25) is 0 Å². The molecular weight excluding hydrogens is 641 g/mol. The van der Waals surface area contributed by atoms with Gasteiger partial charge in [-0.2, -0.15) is 0 Å². The topological polar surface area (TPSA) is 77.8 Å². The third-order valence-electron chi connectivity index (χ3n) is 9.96. The van der Waals surface area contributed by atoms with Crippen LogP contribution < -0.4 is 0 Å². The first kappa shape index (κ1) is 28.6. The zero-order valence-corrected chi connectivity index (χ0v) is 27.6. The Morgan fingerprint density at radius 3 is 1.58 bits per heavy atom. The first-order valence-corrected chi connectivity index (χ1v) is 17.2. The smallest absolute Gasteiger partial charge is 0.228 e. The van der Waals surface area contributed by atoms with E-state index in [9.17, 15) is 0 Å². The van der Waals surface area contributed by atoms with Crippen molar-refractivity contribution < 1.29 is 8.83 Å². The third kappa shape index (κ3) is 4.38. The number of rotatable bonds is 4. The van der Waals surface area contributed by atoms with Crippen molar-refractivity contribution in [2.45, 2.75) is 0 Å². The summed E-state index contributed by atoms with van der Waals surface area (Å²) in [5.74, 6) is 2.26. The average molecular weight is 667 g/mol. The summed E-state index contributed by atoms with van der Waals surface area (Å²) in [4.78, 5) is 20.3. The van der Waals surface area contributed by atoms with E-state index in [2.05, 4.69) is 66.7 Å². The van der Waals surface area contributed by atoms with E-state index in [0.29, 0.717) is 23.4 Å². The van der Waals surface area contributed by atoms with Gasteiger partial charge in [0.05, 0.1) is 0 Å². The molecule has 3 aromatic heterocycles. The van der Waals surface area contributed by atoms with E-state index in [0.717, 1.165) is 60.7 Å².